The number of ether oxygens (including phenoxy) is 2. The maximum atomic E-state index is 12.7. The highest BCUT2D eigenvalue weighted by molar-refractivity contribution is 5.87. The van der Waals surface area contributed by atoms with Crippen molar-refractivity contribution in [3.8, 4) is 11.1 Å². The van der Waals surface area contributed by atoms with Crippen LogP contribution in [0.25, 0.3) is 21.6 Å². The fourth-order valence-electron chi connectivity index (χ4n) is 4.38. The Kier molecular flexibility index (Phi) is 8.02. The van der Waals surface area contributed by atoms with Gasteiger partial charge < -0.3 is 19.9 Å². The largest absolute Gasteiger partial charge is 0.480 e. The Balaban J connectivity index is 1.44. The summed E-state index contributed by atoms with van der Waals surface area (Å²) in [6.45, 7) is -0.667. The number of azide groups is 1. The van der Waals surface area contributed by atoms with E-state index in [1.165, 1.54) is 0 Å². The number of alkyl carbamates (subject to hydrolysis) is 1. The molecule has 1 unspecified atom stereocenters. The number of carbonyl (C=O) groups excluding carboxylic acids is 2. The number of carboxylic acid groups (broad SMARTS) is 1. The molecule has 10 heteroatoms. The number of hydrogen-bond donors (Lipinski definition) is 2. The Morgan fingerprint density at radius 1 is 0.919 bits per heavy atom. The minimum absolute atomic E-state index is 0.0360. The second kappa shape index (κ2) is 11.7. The molecule has 0 radical (unpaired) electrons. The molecule has 0 fully saturated rings. The van der Waals surface area contributed by atoms with E-state index in [2.05, 4.69) is 15.3 Å². The van der Waals surface area contributed by atoms with E-state index in [1.807, 2.05) is 48.5 Å². The number of aliphatic carboxylic acids is 1. The Morgan fingerprint density at radius 2 is 1.51 bits per heavy atom. The van der Waals surface area contributed by atoms with Crippen molar-refractivity contribution in [1.29, 1.82) is 0 Å². The normalized spacial score (nSPS) is 13.3. The van der Waals surface area contributed by atoms with Gasteiger partial charge in [0.1, 0.15) is 19.3 Å². The number of fused-ring (bicyclic) bond motifs is 3. The molecule has 4 rings (SSSR count). The van der Waals surface area contributed by atoms with E-state index in [4.69, 9.17) is 15.0 Å². The summed E-state index contributed by atoms with van der Waals surface area (Å²) in [5.41, 5.74) is 13.5. The summed E-state index contributed by atoms with van der Waals surface area (Å²) in [4.78, 5) is 40.0. The highest BCUT2D eigenvalue weighted by Gasteiger charge is 2.37. The Morgan fingerprint density at radius 3 is 2.11 bits per heavy atom. The summed E-state index contributed by atoms with van der Waals surface area (Å²) in [7, 11) is 0. The fourth-order valence-corrected chi connectivity index (χ4v) is 4.38. The predicted molar refractivity (Wildman–Crippen MR) is 133 cm³/mol. The van der Waals surface area contributed by atoms with E-state index in [0.717, 1.165) is 22.3 Å². The van der Waals surface area contributed by atoms with Crippen LogP contribution in [0.4, 0.5) is 4.79 Å². The van der Waals surface area contributed by atoms with E-state index in [1.54, 1.807) is 30.3 Å². The zero-order valence-corrected chi connectivity index (χ0v) is 19.7. The molecule has 2 N–H and O–H groups in total. The van der Waals surface area contributed by atoms with E-state index in [9.17, 15) is 19.5 Å². The molecule has 0 saturated carbocycles. The molecule has 0 aromatic heterocycles. The summed E-state index contributed by atoms with van der Waals surface area (Å²) < 4.78 is 10.7. The second-order valence-electron chi connectivity index (χ2n) is 8.40. The molecule has 0 saturated heterocycles. The lowest BCUT2D eigenvalue weighted by atomic mass is 9.98. The number of benzene rings is 3. The third-order valence-electron chi connectivity index (χ3n) is 6.15. The lowest BCUT2D eigenvalue weighted by Gasteiger charge is -2.22. The highest BCUT2D eigenvalue weighted by Crippen LogP contribution is 2.44. The number of rotatable bonds is 10. The molecular weight excluding hydrogens is 476 g/mol. The maximum absolute atomic E-state index is 12.7. The van der Waals surface area contributed by atoms with Crippen LogP contribution in [0.1, 0.15) is 22.6 Å². The van der Waals surface area contributed by atoms with E-state index in [-0.39, 0.29) is 19.1 Å². The quantitative estimate of drug-likeness (QED) is 0.179. The van der Waals surface area contributed by atoms with E-state index in [0.29, 0.717) is 5.56 Å². The molecule has 1 amide bonds. The van der Waals surface area contributed by atoms with Crippen LogP contribution in [0.15, 0.2) is 84.0 Å². The van der Waals surface area contributed by atoms with Crippen molar-refractivity contribution >= 4 is 18.0 Å². The first-order chi connectivity index (χ1) is 18.0. The third kappa shape index (κ3) is 5.88. The monoisotopic (exact) mass is 500 g/mol. The zero-order valence-electron chi connectivity index (χ0n) is 19.7. The topological polar surface area (TPSA) is 151 Å². The molecule has 3 aromatic rings. The van der Waals surface area contributed by atoms with Crippen LogP contribution >= 0.6 is 0 Å². The van der Waals surface area contributed by atoms with Crippen LogP contribution in [-0.4, -0.2) is 42.3 Å². The SMILES string of the molecule is [N-]=[N+]=NCC(C(=O)OCc1ccccc1)[C@@H](NC(=O)OCC1c2ccccc2-c2ccccc21)C(=O)O. The van der Waals surface area contributed by atoms with Gasteiger partial charge in [0.15, 0.2) is 0 Å². The van der Waals surface area contributed by atoms with Gasteiger partial charge >= 0.3 is 18.0 Å². The predicted octanol–water partition coefficient (Wildman–Crippen LogP) is 4.65. The van der Waals surface area contributed by atoms with E-state index >= 15 is 0 Å². The lowest BCUT2D eigenvalue weighted by molar-refractivity contribution is -0.155. The number of esters is 1. The average molecular weight is 501 g/mol. The van der Waals surface area contributed by atoms with Gasteiger partial charge in [-0.1, -0.05) is 84.0 Å². The van der Waals surface area contributed by atoms with Gasteiger partial charge in [0.05, 0.1) is 5.92 Å². The molecule has 37 heavy (non-hydrogen) atoms. The van der Waals surface area contributed by atoms with Gasteiger partial charge in [-0.25, -0.2) is 9.59 Å². The van der Waals surface area contributed by atoms with Gasteiger partial charge in [-0.3, -0.25) is 4.79 Å². The molecule has 188 valence electrons. The molecule has 0 aliphatic heterocycles. The second-order valence-corrected chi connectivity index (χ2v) is 8.40. The van der Waals surface area contributed by atoms with Crippen molar-refractivity contribution < 1.29 is 29.0 Å². The zero-order chi connectivity index (χ0) is 26.2. The summed E-state index contributed by atoms with van der Waals surface area (Å²) in [6, 6.07) is 22.6. The number of hydrogen-bond acceptors (Lipinski definition) is 6. The summed E-state index contributed by atoms with van der Waals surface area (Å²) >= 11 is 0. The number of carbonyl (C=O) groups is 3. The Hall–Kier alpha value is -4.82. The van der Waals surface area contributed by atoms with Gasteiger partial charge in [-0.2, -0.15) is 0 Å². The highest BCUT2D eigenvalue weighted by atomic mass is 16.6. The molecule has 0 bridgehead atoms. The molecule has 10 nitrogen and oxygen atoms in total. The van der Waals surface area contributed by atoms with Gasteiger partial charge in [0, 0.05) is 17.4 Å². The van der Waals surface area contributed by atoms with Crippen molar-refractivity contribution in [2.24, 2.45) is 11.0 Å². The Bertz CT molecular complexity index is 1290. The molecule has 0 spiro atoms. The Labute approximate surface area is 212 Å². The van der Waals surface area contributed by atoms with Crippen LogP contribution in [0.3, 0.4) is 0 Å². The minimum atomic E-state index is -1.73. The van der Waals surface area contributed by atoms with Crippen molar-refractivity contribution in [2.45, 2.75) is 18.6 Å². The first kappa shape index (κ1) is 25.3. The van der Waals surface area contributed by atoms with Crippen molar-refractivity contribution in [3.05, 3.63) is 106 Å². The standard InChI is InChI=1S/C27H24N4O6/c28-31-29-14-22(26(34)36-15-17-8-2-1-3-9-17)24(25(32)33)30-27(35)37-16-23-20-12-6-4-10-18(20)19-11-5-7-13-21(19)23/h1-13,22-24H,14-16H2,(H,30,35)(H,32,33)/t22?,24-/m1/s1. The van der Waals surface area contributed by atoms with Crippen LogP contribution in [-0.2, 0) is 25.7 Å². The van der Waals surface area contributed by atoms with Gasteiger partial charge in [-0.15, -0.1) is 0 Å². The molecule has 3 aromatic carbocycles. The third-order valence-corrected chi connectivity index (χ3v) is 6.15. The number of carboxylic acids is 1. The van der Waals surface area contributed by atoms with Crippen LogP contribution in [0, 0.1) is 5.92 Å². The van der Waals surface area contributed by atoms with Gasteiger partial charge in [0.2, 0.25) is 0 Å². The summed E-state index contributed by atoms with van der Waals surface area (Å²) in [5.74, 6) is -4.11. The van der Waals surface area contributed by atoms with Crippen molar-refractivity contribution in [1.82, 2.24) is 5.32 Å². The molecular formula is C27H24N4O6. The molecule has 1 aliphatic rings. The summed E-state index contributed by atoms with van der Waals surface area (Å²) in [5, 5.41) is 15.3. The van der Waals surface area contributed by atoms with Crippen LogP contribution in [0.5, 0.6) is 0 Å². The number of amides is 1. The van der Waals surface area contributed by atoms with Crippen molar-refractivity contribution in [2.75, 3.05) is 13.2 Å². The first-order valence-corrected chi connectivity index (χ1v) is 11.5. The number of nitrogens with one attached hydrogen (secondary N) is 1. The van der Waals surface area contributed by atoms with E-state index < -0.39 is 36.5 Å². The smallest absolute Gasteiger partial charge is 0.407 e. The minimum Gasteiger partial charge on any atom is -0.480 e. The van der Waals surface area contributed by atoms with Crippen LogP contribution in [0.2, 0.25) is 0 Å². The fraction of sp³-hybridized carbons (Fsp3) is 0.222. The van der Waals surface area contributed by atoms with Gasteiger partial charge in [-0.05, 0) is 33.3 Å². The lowest BCUT2D eigenvalue weighted by Crippen LogP contribution is -2.50. The maximum Gasteiger partial charge on any atom is 0.407 e. The molecule has 2 atom stereocenters. The van der Waals surface area contributed by atoms with Gasteiger partial charge in [0.25, 0.3) is 0 Å². The molecule has 1 aliphatic carbocycles. The van der Waals surface area contributed by atoms with Crippen LogP contribution < -0.4 is 5.32 Å². The first-order valence-electron chi connectivity index (χ1n) is 11.5. The number of nitrogens with zero attached hydrogens (tertiary/aromatic N) is 3. The average Bonchev–Trinajstić information content (AvgIpc) is 3.24. The van der Waals surface area contributed by atoms with Crippen molar-refractivity contribution in [3.63, 3.8) is 0 Å². The summed E-state index contributed by atoms with van der Waals surface area (Å²) in [6.07, 6.45) is -1.02. The molecule has 0 heterocycles.